The molecular weight excluding hydrogens is 327 g/mol. The smallest absolute Gasteiger partial charge is 0.142 e. The van der Waals surface area contributed by atoms with Gasteiger partial charge in [0, 0.05) is 3.57 Å². The minimum absolute atomic E-state index is 0.725. The van der Waals surface area contributed by atoms with Gasteiger partial charge in [0.05, 0.1) is 24.2 Å². The molecule has 0 bridgehead atoms. The molecule has 3 N–H and O–H groups in total. The van der Waals surface area contributed by atoms with Crippen LogP contribution in [0.5, 0.6) is 5.75 Å². The van der Waals surface area contributed by atoms with Gasteiger partial charge in [0.1, 0.15) is 5.75 Å². The molecule has 0 fully saturated rings. The number of rotatable bonds is 3. The standard InChI is InChI=1S/C13H13IN2O/c1-17-13-5-3-2-4-12(13)16-11-7-6-9(14)8-10(11)15/h2-8,16H,15H2,1H3. The van der Waals surface area contributed by atoms with Crippen molar-refractivity contribution in [3.63, 3.8) is 0 Å². The summed E-state index contributed by atoms with van der Waals surface area (Å²) in [5.74, 6) is 0.797. The SMILES string of the molecule is COc1ccccc1Nc1ccc(I)cc1N. The summed E-state index contributed by atoms with van der Waals surface area (Å²) in [5.41, 5.74) is 8.47. The van der Waals surface area contributed by atoms with E-state index in [1.54, 1.807) is 7.11 Å². The maximum absolute atomic E-state index is 5.95. The van der Waals surface area contributed by atoms with E-state index in [-0.39, 0.29) is 0 Å². The van der Waals surface area contributed by atoms with E-state index in [0.29, 0.717) is 0 Å². The number of benzene rings is 2. The molecule has 3 nitrogen and oxygen atoms in total. The van der Waals surface area contributed by atoms with Crippen LogP contribution in [0.4, 0.5) is 17.1 Å². The molecule has 88 valence electrons. The molecule has 0 aliphatic carbocycles. The molecule has 2 rings (SSSR count). The average Bonchev–Trinajstić information content (AvgIpc) is 2.33. The highest BCUT2D eigenvalue weighted by atomic mass is 127. The Morgan fingerprint density at radius 2 is 1.88 bits per heavy atom. The van der Waals surface area contributed by atoms with Crippen LogP contribution in [-0.4, -0.2) is 7.11 Å². The van der Waals surface area contributed by atoms with E-state index in [4.69, 9.17) is 10.5 Å². The number of hydrogen-bond donors (Lipinski definition) is 2. The zero-order chi connectivity index (χ0) is 12.3. The van der Waals surface area contributed by atoms with E-state index in [2.05, 4.69) is 27.9 Å². The van der Waals surface area contributed by atoms with Gasteiger partial charge in [0.2, 0.25) is 0 Å². The number of anilines is 3. The van der Waals surface area contributed by atoms with E-state index >= 15 is 0 Å². The fraction of sp³-hybridized carbons (Fsp3) is 0.0769. The Hall–Kier alpha value is -1.43. The lowest BCUT2D eigenvalue weighted by molar-refractivity contribution is 0.417. The quantitative estimate of drug-likeness (QED) is 0.663. The van der Waals surface area contributed by atoms with Gasteiger partial charge in [0.25, 0.3) is 0 Å². The molecule has 0 aliphatic heterocycles. The van der Waals surface area contributed by atoms with Gasteiger partial charge < -0.3 is 15.8 Å². The first-order chi connectivity index (χ1) is 8.20. The Balaban J connectivity index is 2.31. The van der Waals surface area contributed by atoms with Crippen LogP contribution in [0.3, 0.4) is 0 Å². The first kappa shape index (κ1) is 12.0. The second-order valence-corrected chi connectivity index (χ2v) is 4.80. The van der Waals surface area contributed by atoms with E-state index in [1.165, 1.54) is 0 Å². The summed E-state index contributed by atoms with van der Waals surface area (Å²) < 4.78 is 6.39. The van der Waals surface area contributed by atoms with Crippen molar-refractivity contribution in [3.05, 3.63) is 46.0 Å². The molecule has 0 saturated carbocycles. The number of hydrogen-bond acceptors (Lipinski definition) is 3. The number of para-hydroxylation sites is 2. The second kappa shape index (κ2) is 5.27. The minimum atomic E-state index is 0.725. The summed E-state index contributed by atoms with van der Waals surface area (Å²) in [6.07, 6.45) is 0. The van der Waals surface area contributed by atoms with E-state index in [0.717, 1.165) is 26.4 Å². The summed E-state index contributed by atoms with van der Waals surface area (Å²) in [4.78, 5) is 0. The van der Waals surface area contributed by atoms with Crippen LogP contribution in [0.25, 0.3) is 0 Å². The minimum Gasteiger partial charge on any atom is -0.495 e. The number of nitrogens with two attached hydrogens (primary N) is 1. The third-order valence-electron chi connectivity index (χ3n) is 2.39. The molecule has 17 heavy (non-hydrogen) atoms. The van der Waals surface area contributed by atoms with Gasteiger partial charge in [-0.3, -0.25) is 0 Å². The van der Waals surface area contributed by atoms with Crippen LogP contribution in [-0.2, 0) is 0 Å². The number of nitrogen functional groups attached to an aromatic ring is 1. The van der Waals surface area contributed by atoms with Crippen molar-refractivity contribution < 1.29 is 4.74 Å². The van der Waals surface area contributed by atoms with Crippen LogP contribution in [0, 0.1) is 3.57 Å². The van der Waals surface area contributed by atoms with Crippen molar-refractivity contribution in [2.45, 2.75) is 0 Å². The number of methoxy groups -OCH3 is 1. The third kappa shape index (κ3) is 2.82. The summed E-state index contributed by atoms with van der Waals surface area (Å²) in [6, 6.07) is 13.6. The summed E-state index contributed by atoms with van der Waals surface area (Å²) in [7, 11) is 1.65. The lowest BCUT2D eigenvalue weighted by Gasteiger charge is -2.12. The summed E-state index contributed by atoms with van der Waals surface area (Å²) in [6.45, 7) is 0. The van der Waals surface area contributed by atoms with Crippen molar-refractivity contribution in [2.75, 3.05) is 18.2 Å². The Labute approximate surface area is 114 Å². The molecule has 0 heterocycles. The Kier molecular flexibility index (Phi) is 3.73. The van der Waals surface area contributed by atoms with Crippen LogP contribution in [0.2, 0.25) is 0 Å². The van der Waals surface area contributed by atoms with Gasteiger partial charge in [-0.1, -0.05) is 12.1 Å². The predicted octanol–water partition coefficient (Wildman–Crippen LogP) is 3.63. The molecule has 0 amide bonds. The van der Waals surface area contributed by atoms with Gasteiger partial charge >= 0.3 is 0 Å². The van der Waals surface area contributed by atoms with Crippen molar-refractivity contribution in [1.82, 2.24) is 0 Å². The van der Waals surface area contributed by atoms with E-state index in [1.807, 2.05) is 42.5 Å². The molecule has 4 heteroatoms. The van der Waals surface area contributed by atoms with Gasteiger partial charge in [-0.25, -0.2) is 0 Å². The van der Waals surface area contributed by atoms with Crippen molar-refractivity contribution >= 4 is 39.7 Å². The van der Waals surface area contributed by atoms with Gasteiger partial charge in [-0.05, 0) is 52.9 Å². The predicted molar refractivity (Wildman–Crippen MR) is 79.8 cm³/mol. The molecule has 0 unspecified atom stereocenters. The molecule has 0 aromatic heterocycles. The maximum atomic E-state index is 5.95. The van der Waals surface area contributed by atoms with Crippen LogP contribution in [0.1, 0.15) is 0 Å². The van der Waals surface area contributed by atoms with Gasteiger partial charge in [0.15, 0.2) is 0 Å². The number of ether oxygens (including phenoxy) is 1. The fourth-order valence-electron chi connectivity index (χ4n) is 1.54. The first-order valence-electron chi connectivity index (χ1n) is 5.16. The number of halogens is 1. The molecule has 0 spiro atoms. The van der Waals surface area contributed by atoms with Crippen LogP contribution < -0.4 is 15.8 Å². The molecule has 0 saturated heterocycles. The normalized spacial score (nSPS) is 10.0. The highest BCUT2D eigenvalue weighted by Gasteiger charge is 2.04. The Bertz CT molecular complexity index is 529. The largest absolute Gasteiger partial charge is 0.495 e. The van der Waals surface area contributed by atoms with Gasteiger partial charge in [-0.2, -0.15) is 0 Å². The Morgan fingerprint density at radius 1 is 1.12 bits per heavy atom. The van der Waals surface area contributed by atoms with E-state index < -0.39 is 0 Å². The average molecular weight is 340 g/mol. The highest BCUT2D eigenvalue weighted by Crippen LogP contribution is 2.30. The van der Waals surface area contributed by atoms with Crippen LogP contribution in [0.15, 0.2) is 42.5 Å². The molecule has 0 radical (unpaired) electrons. The monoisotopic (exact) mass is 340 g/mol. The second-order valence-electron chi connectivity index (χ2n) is 3.56. The molecule has 2 aromatic carbocycles. The van der Waals surface area contributed by atoms with Crippen molar-refractivity contribution in [3.8, 4) is 5.75 Å². The first-order valence-corrected chi connectivity index (χ1v) is 6.23. The fourth-order valence-corrected chi connectivity index (χ4v) is 2.06. The lowest BCUT2D eigenvalue weighted by Crippen LogP contribution is -1.98. The summed E-state index contributed by atoms with van der Waals surface area (Å²) in [5, 5.41) is 3.27. The van der Waals surface area contributed by atoms with Crippen molar-refractivity contribution in [1.29, 1.82) is 0 Å². The third-order valence-corrected chi connectivity index (χ3v) is 3.06. The Morgan fingerprint density at radius 3 is 2.59 bits per heavy atom. The van der Waals surface area contributed by atoms with Crippen LogP contribution >= 0.6 is 22.6 Å². The zero-order valence-corrected chi connectivity index (χ0v) is 11.6. The molecule has 2 aromatic rings. The molecule has 0 aliphatic rings. The maximum Gasteiger partial charge on any atom is 0.142 e. The molecule has 0 atom stereocenters. The van der Waals surface area contributed by atoms with E-state index in [9.17, 15) is 0 Å². The molecular formula is C13H13IN2O. The summed E-state index contributed by atoms with van der Waals surface area (Å²) >= 11 is 2.23. The van der Waals surface area contributed by atoms with Crippen molar-refractivity contribution in [2.24, 2.45) is 0 Å². The highest BCUT2D eigenvalue weighted by molar-refractivity contribution is 14.1. The van der Waals surface area contributed by atoms with Gasteiger partial charge in [-0.15, -0.1) is 0 Å². The topological polar surface area (TPSA) is 47.3 Å². The number of nitrogens with one attached hydrogen (secondary N) is 1. The zero-order valence-electron chi connectivity index (χ0n) is 9.41. The lowest BCUT2D eigenvalue weighted by atomic mass is 10.2.